The average Bonchev–Trinajstić information content (AvgIpc) is 2.67. The summed E-state index contributed by atoms with van der Waals surface area (Å²) in [5.74, 6) is 0.380. The molecule has 3 nitrogen and oxygen atoms in total. The van der Waals surface area contributed by atoms with Crippen LogP contribution >= 0.6 is 0 Å². The molecule has 1 aromatic carbocycles. The molecule has 92 valence electrons. The fourth-order valence-electron chi connectivity index (χ4n) is 2.22. The van der Waals surface area contributed by atoms with Gasteiger partial charge in [0.25, 0.3) is 0 Å². The van der Waals surface area contributed by atoms with Gasteiger partial charge in [-0.15, -0.1) is 0 Å². The van der Waals surface area contributed by atoms with Crippen molar-refractivity contribution in [3.05, 3.63) is 35.4 Å². The quantitative estimate of drug-likeness (QED) is 0.707. The highest BCUT2D eigenvalue weighted by atomic mass is 16.5. The summed E-state index contributed by atoms with van der Waals surface area (Å²) < 4.78 is 10.3. The minimum Gasteiger partial charge on any atom is -0.382 e. The van der Waals surface area contributed by atoms with Gasteiger partial charge in [-0.3, -0.25) is 4.79 Å². The van der Waals surface area contributed by atoms with Crippen molar-refractivity contribution in [1.82, 2.24) is 0 Å². The summed E-state index contributed by atoms with van der Waals surface area (Å²) in [6, 6.07) is 7.88. The number of rotatable bonds is 6. The van der Waals surface area contributed by atoms with Crippen LogP contribution in [0.15, 0.2) is 24.3 Å². The number of benzene rings is 1. The van der Waals surface area contributed by atoms with Gasteiger partial charge in [0.2, 0.25) is 0 Å². The third-order valence-electron chi connectivity index (χ3n) is 3.16. The highest BCUT2D eigenvalue weighted by Gasteiger charge is 2.29. The van der Waals surface area contributed by atoms with Gasteiger partial charge in [-0.1, -0.05) is 24.3 Å². The number of carbonyl (C=O) groups excluding carboxylic acids is 1. The van der Waals surface area contributed by atoms with E-state index in [4.69, 9.17) is 9.47 Å². The van der Waals surface area contributed by atoms with Crippen molar-refractivity contribution in [2.75, 3.05) is 26.9 Å². The van der Waals surface area contributed by atoms with Crippen LogP contribution in [0.1, 0.15) is 22.3 Å². The number of hydrogen-bond acceptors (Lipinski definition) is 3. The molecule has 3 heteroatoms. The number of carbonyl (C=O) groups is 1. The number of methoxy groups -OCH3 is 1. The standard InChI is InChI=1S/C14H18O3/c1-16-8-9-17-7-6-12-10-11-4-2-3-5-13(11)14(12)15/h2-5,12H,6-10H2,1H3. The Kier molecular flexibility index (Phi) is 4.29. The van der Waals surface area contributed by atoms with Crippen molar-refractivity contribution in [2.24, 2.45) is 5.92 Å². The van der Waals surface area contributed by atoms with E-state index in [9.17, 15) is 4.79 Å². The van der Waals surface area contributed by atoms with Gasteiger partial charge in [0, 0.05) is 25.2 Å². The van der Waals surface area contributed by atoms with Gasteiger partial charge in [0.1, 0.15) is 0 Å². The number of Topliss-reactive ketones (excluding diaryl/α,β-unsaturated/α-hetero) is 1. The first kappa shape index (κ1) is 12.3. The van der Waals surface area contributed by atoms with E-state index in [2.05, 4.69) is 0 Å². The molecule has 1 aliphatic rings. The van der Waals surface area contributed by atoms with Crippen molar-refractivity contribution < 1.29 is 14.3 Å². The number of fused-ring (bicyclic) bond motifs is 1. The lowest BCUT2D eigenvalue weighted by atomic mass is 10.0. The molecule has 0 spiro atoms. The van der Waals surface area contributed by atoms with Crippen molar-refractivity contribution in [1.29, 1.82) is 0 Å². The topological polar surface area (TPSA) is 35.5 Å². The monoisotopic (exact) mass is 234 g/mol. The van der Waals surface area contributed by atoms with E-state index < -0.39 is 0 Å². The summed E-state index contributed by atoms with van der Waals surface area (Å²) in [5, 5.41) is 0. The second-order valence-electron chi connectivity index (χ2n) is 4.32. The first-order chi connectivity index (χ1) is 8.33. The Balaban J connectivity index is 1.80. The molecule has 0 fully saturated rings. The zero-order valence-corrected chi connectivity index (χ0v) is 10.1. The number of hydrogen-bond donors (Lipinski definition) is 0. The summed E-state index contributed by atoms with van der Waals surface area (Å²) >= 11 is 0. The predicted molar refractivity (Wildman–Crippen MR) is 65.3 cm³/mol. The van der Waals surface area contributed by atoms with E-state index in [-0.39, 0.29) is 11.7 Å². The summed E-state index contributed by atoms with van der Waals surface area (Å²) in [4.78, 5) is 12.0. The van der Waals surface area contributed by atoms with Crippen molar-refractivity contribution >= 4 is 5.78 Å². The van der Waals surface area contributed by atoms with Gasteiger partial charge in [0.05, 0.1) is 13.2 Å². The van der Waals surface area contributed by atoms with Crippen LogP contribution < -0.4 is 0 Å². The van der Waals surface area contributed by atoms with Crippen molar-refractivity contribution in [3.8, 4) is 0 Å². The highest BCUT2D eigenvalue weighted by Crippen LogP contribution is 2.28. The molecule has 0 saturated heterocycles. The number of ketones is 1. The van der Waals surface area contributed by atoms with Gasteiger partial charge < -0.3 is 9.47 Å². The molecule has 0 heterocycles. The van der Waals surface area contributed by atoms with Crippen molar-refractivity contribution in [3.63, 3.8) is 0 Å². The lowest BCUT2D eigenvalue weighted by Crippen LogP contribution is -2.13. The van der Waals surface area contributed by atoms with Gasteiger partial charge in [-0.2, -0.15) is 0 Å². The molecule has 0 aliphatic heterocycles. The normalized spacial score (nSPS) is 18.4. The molecule has 1 aliphatic carbocycles. The Bertz CT molecular complexity index is 387. The molecule has 0 bridgehead atoms. The van der Waals surface area contributed by atoms with Gasteiger partial charge >= 0.3 is 0 Å². The minimum absolute atomic E-state index is 0.106. The maximum absolute atomic E-state index is 12.0. The van der Waals surface area contributed by atoms with Crippen LogP contribution in [0, 0.1) is 5.92 Å². The van der Waals surface area contributed by atoms with Crippen LogP contribution in [0.5, 0.6) is 0 Å². The van der Waals surface area contributed by atoms with Crippen LogP contribution in [0.3, 0.4) is 0 Å². The zero-order chi connectivity index (χ0) is 12.1. The first-order valence-electron chi connectivity index (χ1n) is 6.01. The van der Waals surface area contributed by atoms with Gasteiger partial charge in [-0.25, -0.2) is 0 Å². The largest absolute Gasteiger partial charge is 0.382 e. The second-order valence-corrected chi connectivity index (χ2v) is 4.32. The predicted octanol–water partition coefficient (Wildman–Crippen LogP) is 2.09. The Morgan fingerprint density at radius 2 is 2.06 bits per heavy atom. The van der Waals surface area contributed by atoms with Crippen molar-refractivity contribution in [2.45, 2.75) is 12.8 Å². The average molecular weight is 234 g/mol. The maximum atomic E-state index is 12.0. The van der Waals surface area contributed by atoms with Gasteiger partial charge in [0.15, 0.2) is 5.78 Å². The molecule has 0 aromatic heterocycles. The molecule has 0 radical (unpaired) electrons. The smallest absolute Gasteiger partial charge is 0.166 e. The minimum atomic E-state index is 0.106. The molecule has 2 rings (SSSR count). The Morgan fingerprint density at radius 3 is 2.82 bits per heavy atom. The fraction of sp³-hybridized carbons (Fsp3) is 0.500. The van der Waals surface area contributed by atoms with Crippen LogP contribution in [0.25, 0.3) is 0 Å². The summed E-state index contributed by atoms with van der Waals surface area (Å²) in [6.07, 6.45) is 1.67. The summed E-state index contributed by atoms with van der Waals surface area (Å²) in [6.45, 7) is 1.84. The van der Waals surface area contributed by atoms with Crippen LogP contribution in [-0.4, -0.2) is 32.7 Å². The highest BCUT2D eigenvalue weighted by molar-refractivity contribution is 6.02. The molecule has 0 amide bonds. The molecular weight excluding hydrogens is 216 g/mol. The Labute approximate surface area is 102 Å². The van der Waals surface area contributed by atoms with Crippen LogP contribution in [-0.2, 0) is 15.9 Å². The second kappa shape index (κ2) is 5.94. The van der Waals surface area contributed by atoms with E-state index >= 15 is 0 Å². The van der Waals surface area contributed by atoms with E-state index in [1.54, 1.807) is 7.11 Å². The molecule has 1 aromatic rings. The third-order valence-corrected chi connectivity index (χ3v) is 3.16. The van der Waals surface area contributed by atoms with E-state index in [0.717, 1.165) is 18.4 Å². The molecule has 17 heavy (non-hydrogen) atoms. The van der Waals surface area contributed by atoms with Gasteiger partial charge in [-0.05, 0) is 18.4 Å². The van der Waals surface area contributed by atoms with Crippen LogP contribution in [0.2, 0.25) is 0 Å². The van der Waals surface area contributed by atoms with Crippen LogP contribution in [0.4, 0.5) is 0 Å². The third kappa shape index (κ3) is 2.93. The fourth-order valence-corrected chi connectivity index (χ4v) is 2.22. The molecular formula is C14H18O3. The van der Waals surface area contributed by atoms with E-state index in [0.29, 0.717) is 19.8 Å². The molecule has 1 unspecified atom stereocenters. The molecule has 1 atom stereocenters. The molecule has 0 saturated carbocycles. The lowest BCUT2D eigenvalue weighted by molar-refractivity contribution is 0.0612. The van der Waals surface area contributed by atoms with E-state index in [1.165, 1.54) is 5.56 Å². The lowest BCUT2D eigenvalue weighted by Gasteiger charge is -2.08. The summed E-state index contributed by atoms with van der Waals surface area (Å²) in [7, 11) is 1.65. The first-order valence-corrected chi connectivity index (χ1v) is 6.01. The van der Waals surface area contributed by atoms with E-state index in [1.807, 2.05) is 24.3 Å². The zero-order valence-electron chi connectivity index (χ0n) is 10.1. The Morgan fingerprint density at radius 1 is 1.24 bits per heavy atom. The molecule has 0 N–H and O–H groups in total. The Hall–Kier alpha value is -1.19. The number of ether oxygens (including phenoxy) is 2. The SMILES string of the molecule is COCCOCCC1Cc2ccccc2C1=O. The summed E-state index contributed by atoms with van der Waals surface area (Å²) in [5.41, 5.74) is 2.08. The maximum Gasteiger partial charge on any atom is 0.166 e.